The Hall–Kier alpha value is -2.56. The minimum absolute atomic E-state index is 0.0318. The topological polar surface area (TPSA) is 68.2 Å². The SMILES string of the molecule is Cc1c(NCC(C)(C)c2ccccc2)ccc2nc(N)nn12. The van der Waals surface area contributed by atoms with Crippen molar-refractivity contribution in [3.05, 3.63) is 53.7 Å². The normalized spacial score (nSPS) is 11.8. The second kappa shape index (κ2) is 5.33. The Kier molecular flexibility index (Phi) is 3.48. The summed E-state index contributed by atoms with van der Waals surface area (Å²) in [6, 6.07) is 14.5. The van der Waals surface area contributed by atoms with E-state index < -0.39 is 0 Å². The van der Waals surface area contributed by atoms with Crippen LogP contribution in [-0.2, 0) is 5.41 Å². The maximum absolute atomic E-state index is 5.67. The maximum Gasteiger partial charge on any atom is 0.240 e. The van der Waals surface area contributed by atoms with E-state index in [2.05, 4.69) is 53.5 Å². The Morgan fingerprint density at radius 1 is 1.14 bits per heavy atom. The van der Waals surface area contributed by atoms with E-state index >= 15 is 0 Å². The lowest BCUT2D eigenvalue weighted by molar-refractivity contribution is 0.556. The minimum Gasteiger partial charge on any atom is -0.383 e. The third kappa shape index (κ3) is 2.62. The monoisotopic (exact) mass is 295 g/mol. The van der Waals surface area contributed by atoms with E-state index in [1.807, 2.05) is 25.1 Å². The van der Waals surface area contributed by atoms with Gasteiger partial charge in [-0.15, -0.1) is 5.10 Å². The zero-order valence-corrected chi connectivity index (χ0v) is 13.2. The van der Waals surface area contributed by atoms with Crippen molar-refractivity contribution in [1.29, 1.82) is 0 Å². The summed E-state index contributed by atoms with van der Waals surface area (Å²) in [6.07, 6.45) is 0. The predicted octanol–water partition coefficient (Wildman–Crippen LogP) is 3.01. The zero-order chi connectivity index (χ0) is 15.7. The Balaban J connectivity index is 1.83. The molecule has 0 amide bonds. The molecular formula is C17H21N5. The van der Waals surface area contributed by atoms with Crippen LogP contribution in [0.25, 0.3) is 5.65 Å². The summed E-state index contributed by atoms with van der Waals surface area (Å²) >= 11 is 0. The van der Waals surface area contributed by atoms with Crippen molar-refractivity contribution in [2.45, 2.75) is 26.2 Å². The lowest BCUT2D eigenvalue weighted by Gasteiger charge is -2.26. The van der Waals surface area contributed by atoms with Crippen LogP contribution in [0, 0.1) is 6.92 Å². The van der Waals surface area contributed by atoms with Gasteiger partial charge in [0, 0.05) is 12.0 Å². The summed E-state index contributed by atoms with van der Waals surface area (Å²) in [4.78, 5) is 4.17. The molecule has 2 aromatic heterocycles. The smallest absolute Gasteiger partial charge is 0.240 e. The molecule has 5 nitrogen and oxygen atoms in total. The fraction of sp³-hybridized carbons (Fsp3) is 0.294. The molecule has 0 aliphatic rings. The van der Waals surface area contributed by atoms with Crippen molar-refractivity contribution in [2.75, 3.05) is 17.6 Å². The standard InChI is InChI=1S/C17H21N5/c1-12-14(9-10-15-20-16(18)21-22(12)15)19-11-17(2,3)13-7-5-4-6-8-13/h4-10,19H,11H2,1-3H3,(H2,18,21). The van der Waals surface area contributed by atoms with Gasteiger partial charge in [-0.2, -0.15) is 4.98 Å². The van der Waals surface area contributed by atoms with Crippen molar-refractivity contribution in [1.82, 2.24) is 14.6 Å². The number of rotatable bonds is 4. The Morgan fingerprint density at radius 2 is 1.86 bits per heavy atom. The Morgan fingerprint density at radius 3 is 2.59 bits per heavy atom. The lowest BCUT2D eigenvalue weighted by Crippen LogP contribution is -2.28. The summed E-state index contributed by atoms with van der Waals surface area (Å²) in [5.41, 5.74) is 9.82. The van der Waals surface area contributed by atoms with Crippen LogP contribution < -0.4 is 11.1 Å². The van der Waals surface area contributed by atoms with Crippen LogP contribution in [0.2, 0.25) is 0 Å². The first-order chi connectivity index (χ1) is 10.5. The number of hydrogen-bond acceptors (Lipinski definition) is 4. The number of fused-ring (bicyclic) bond motifs is 1. The molecule has 3 N–H and O–H groups in total. The van der Waals surface area contributed by atoms with Gasteiger partial charge in [0.1, 0.15) is 0 Å². The van der Waals surface area contributed by atoms with Crippen LogP contribution in [0.4, 0.5) is 11.6 Å². The van der Waals surface area contributed by atoms with Gasteiger partial charge in [-0.3, -0.25) is 0 Å². The average molecular weight is 295 g/mol. The molecule has 0 atom stereocenters. The summed E-state index contributed by atoms with van der Waals surface area (Å²) in [5, 5.41) is 7.74. The molecule has 0 aliphatic carbocycles. The molecule has 3 rings (SSSR count). The second-order valence-electron chi connectivity index (χ2n) is 6.18. The molecule has 2 heterocycles. The molecule has 0 saturated heterocycles. The van der Waals surface area contributed by atoms with Crippen LogP contribution >= 0.6 is 0 Å². The van der Waals surface area contributed by atoms with E-state index in [1.165, 1.54) is 5.56 Å². The molecule has 0 spiro atoms. The highest BCUT2D eigenvalue weighted by Gasteiger charge is 2.20. The van der Waals surface area contributed by atoms with E-state index in [4.69, 9.17) is 5.73 Å². The van der Waals surface area contributed by atoms with Crippen LogP contribution in [0.15, 0.2) is 42.5 Å². The molecule has 0 fully saturated rings. The number of nitrogen functional groups attached to an aromatic ring is 1. The molecule has 0 bridgehead atoms. The molecule has 0 unspecified atom stereocenters. The maximum atomic E-state index is 5.67. The third-order valence-electron chi connectivity index (χ3n) is 4.03. The summed E-state index contributed by atoms with van der Waals surface area (Å²) in [5.74, 6) is 0.296. The van der Waals surface area contributed by atoms with Crippen molar-refractivity contribution < 1.29 is 0 Å². The average Bonchev–Trinajstić information content (AvgIpc) is 2.89. The summed E-state index contributed by atoms with van der Waals surface area (Å²) in [6.45, 7) is 7.31. The first-order valence-electron chi connectivity index (χ1n) is 7.39. The minimum atomic E-state index is 0.0318. The van der Waals surface area contributed by atoms with E-state index in [9.17, 15) is 0 Å². The molecule has 5 heteroatoms. The number of nitrogens with two attached hydrogens (primary N) is 1. The van der Waals surface area contributed by atoms with Crippen LogP contribution in [-0.4, -0.2) is 21.1 Å². The highest BCUT2D eigenvalue weighted by atomic mass is 15.3. The quantitative estimate of drug-likeness (QED) is 0.776. The molecule has 22 heavy (non-hydrogen) atoms. The molecule has 114 valence electrons. The first-order valence-corrected chi connectivity index (χ1v) is 7.39. The molecule has 0 aliphatic heterocycles. The van der Waals surface area contributed by atoms with Gasteiger partial charge in [0.25, 0.3) is 0 Å². The van der Waals surface area contributed by atoms with Gasteiger partial charge in [0.15, 0.2) is 5.65 Å². The van der Waals surface area contributed by atoms with Crippen LogP contribution in [0.5, 0.6) is 0 Å². The number of pyridine rings is 1. The highest BCUT2D eigenvalue weighted by molar-refractivity contribution is 5.56. The Labute approximate surface area is 130 Å². The number of aryl methyl sites for hydroxylation is 1. The van der Waals surface area contributed by atoms with Gasteiger partial charge in [-0.05, 0) is 24.6 Å². The fourth-order valence-electron chi connectivity index (χ4n) is 2.58. The van der Waals surface area contributed by atoms with E-state index in [-0.39, 0.29) is 5.41 Å². The number of anilines is 2. The largest absolute Gasteiger partial charge is 0.383 e. The second-order valence-corrected chi connectivity index (χ2v) is 6.18. The number of nitrogens with one attached hydrogen (secondary N) is 1. The van der Waals surface area contributed by atoms with Crippen LogP contribution in [0.1, 0.15) is 25.1 Å². The van der Waals surface area contributed by atoms with E-state index in [0.29, 0.717) is 5.95 Å². The van der Waals surface area contributed by atoms with Gasteiger partial charge in [-0.1, -0.05) is 44.2 Å². The number of aromatic nitrogens is 3. The zero-order valence-electron chi connectivity index (χ0n) is 13.2. The van der Waals surface area contributed by atoms with E-state index in [0.717, 1.165) is 23.6 Å². The predicted molar refractivity (Wildman–Crippen MR) is 90.1 cm³/mol. The van der Waals surface area contributed by atoms with Crippen LogP contribution in [0.3, 0.4) is 0 Å². The van der Waals surface area contributed by atoms with Crippen molar-refractivity contribution in [3.8, 4) is 0 Å². The first kappa shape index (κ1) is 14.4. The summed E-state index contributed by atoms with van der Waals surface area (Å²) < 4.78 is 1.77. The fourth-order valence-corrected chi connectivity index (χ4v) is 2.58. The molecular weight excluding hydrogens is 274 g/mol. The molecule has 0 radical (unpaired) electrons. The van der Waals surface area contributed by atoms with Crippen molar-refractivity contribution in [2.24, 2.45) is 0 Å². The lowest BCUT2D eigenvalue weighted by atomic mass is 9.84. The third-order valence-corrected chi connectivity index (χ3v) is 4.03. The summed E-state index contributed by atoms with van der Waals surface area (Å²) in [7, 11) is 0. The number of benzene rings is 1. The van der Waals surface area contributed by atoms with Gasteiger partial charge >= 0.3 is 0 Å². The van der Waals surface area contributed by atoms with Crippen molar-refractivity contribution >= 4 is 17.3 Å². The van der Waals surface area contributed by atoms with Gasteiger partial charge in [-0.25, -0.2) is 4.52 Å². The Bertz CT molecular complexity index is 789. The molecule has 1 aromatic carbocycles. The van der Waals surface area contributed by atoms with Gasteiger partial charge in [0.2, 0.25) is 5.95 Å². The highest BCUT2D eigenvalue weighted by Crippen LogP contribution is 2.25. The van der Waals surface area contributed by atoms with Gasteiger partial charge in [0.05, 0.1) is 11.4 Å². The molecule has 3 aromatic rings. The van der Waals surface area contributed by atoms with Crippen molar-refractivity contribution in [3.63, 3.8) is 0 Å². The number of nitrogens with zero attached hydrogens (tertiary/aromatic N) is 3. The van der Waals surface area contributed by atoms with Gasteiger partial charge < -0.3 is 11.1 Å². The molecule has 0 saturated carbocycles. The van der Waals surface area contributed by atoms with E-state index in [1.54, 1.807) is 4.52 Å². The number of hydrogen-bond donors (Lipinski definition) is 2.